The average molecular weight is 370 g/mol. The lowest BCUT2D eigenvalue weighted by Gasteiger charge is -2.35. The summed E-state index contributed by atoms with van der Waals surface area (Å²) < 4.78 is 17.1. The van der Waals surface area contributed by atoms with E-state index in [4.69, 9.17) is 14.2 Å². The third-order valence-corrected chi connectivity index (χ3v) is 4.56. The van der Waals surface area contributed by atoms with Crippen molar-refractivity contribution in [2.24, 2.45) is 4.99 Å². The molecule has 0 amide bonds. The SMILES string of the molecule is CN=C(NCC(=O)OC(C)(C)C)N1CCC(OCC2CCCCO2)CC1. The fraction of sp³-hybridized carbons (Fsp3) is 0.895. The number of nitrogens with one attached hydrogen (secondary N) is 1. The monoisotopic (exact) mass is 369 g/mol. The largest absolute Gasteiger partial charge is 0.459 e. The van der Waals surface area contributed by atoms with Crippen LogP contribution in [0.2, 0.25) is 0 Å². The molecule has 0 bridgehead atoms. The van der Waals surface area contributed by atoms with Crippen LogP contribution in [0.25, 0.3) is 0 Å². The lowest BCUT2D eigenvalue weighted by molar-refractivity contribution is -0.153. The number of ether oxygens (including phenoxy) is 3. The molecule has 26 heavy (non-hydrogen) atoms. The minimum Gasteiger partial charge on any atom is -0.459 e. The number of guanidine groups is 1. The zero-order chi connectivity index (χ0) is 19.0. The lowest BCUT2D eigenvalue weighted by Crippen LogP contribution is -2.48. The number of rotatable bonds is 5. The van der Waals surface area contributed by atoms with Gasteiger partial charge in [0.1, 0.15) is 12.1 Å². The van der Waals surface area contributed by atoms with Gasteiger partial charge in [-0.2, -0.15) is 0 Å². The fourth-order valence-electron chi connectivity index (χ4n) is 3.28. The summed E-state index contributed by atoms with van der Waals surface area (Å²) in [5.74, 6) is 0.467. The molecule has 2 aliphatic rings. The number of hydrogen-bond donors (Lipinski definition) is 1. The van der Waals surface area contributed by atoms with Gasteiger partial charge in [-0.05, 0) is 52.9 Å². The summed E-state index contributed by atoms with van der Waals surface area (Å²) >= 11 is 0. The number of esters is 1. The van der Waals surface area contributed by atoms with E-state index in [0.29, 0.717) is 6.61 Å². The summed E-state index contributed by atoms with van der Waals surface area (Å²) in [5.41, 5.74) is -0.472. The Labute approximate surface area is 157 Å². The van der Waals surface area contributed by atoms with Crippen molar-refractivity contribution >= 4 is 11.9 Å². The van der Waals surface area contributed by atoms with Gasteiger partial charge in [0.05, 0.1) is 18.8 Å². The molecule has 1 N–H and O–H groups in total. The van der Waals surface area contributed by atoms with Gasteiger partial charge < -0.3 is 24.4 Å². The Balaban J connectivity index is 1.67. The van der Waals surface area contributed by atoms with Crippen molar-refractivity contribution in [1.29, 1.82) is 0 Å². The second kappa shape index (κ2) is 10.1. The molecule has 7 heteroatoms. The van der Waals surface area contributed by atoms with Gasteiger partial charge in [0.25, 0.3) is 0 Å². The maximum Gasteiger partial charge on any atom is 0.325 e. The minimum absolute atomic E-state index is 0.124. The van der Waals surface area contributed by atoms with Crippen LogP contribution in [0.3, 0.4) is 0 Å². The van der Waals surface area contributed by atoms with Crippen molar-refractivity contribution < 1.29 is 19.0 Å². The van der Waals surface area contributed by atoms with Crippen LogP contribution in [-0.4, -0.2) is 74.5 Å². The summed E-state index contributed by atoms with van der Waals surface area (Å²) in [6, 6.07) is 0. The van der Waals surface area contributed by atoms with E-state index in [1.54, 1.807) is 7.05 Å². The van der Waals surface area contributed by atoms with Gasteiger partial charge in [0.15, 0.2) is 5.96 Å². The average Bonchev–Trinajstić information content (AvgIpc) is 2.61. The highest BCUT2D eigenvalue weighted by Gasteiger charge is 2.24. The van der Waals surface area contributed by atoms with Gasteiger partial charge in [-0.25, -0.2) is 0 Å². The molecule has 0 aliphatic carbocycles. The molecule has 1 unspecified atom stereocenters. The van der Waals surface area contributed by atoms with Gasteiger partial charge in [-0.15, -0.1) is 0 Å². The van der Waals surface area contributed by atoms with E-state index < -0.39 is 5.60 Å². The first kappa shape index (κ1) is 21.0. The Bertz CT molecular complexity index is 462. The summed E-state index contributed by atoms with van der Waals surface area (Å²) in [7, 11) is 1.74. The summed E-state index contributed by atoms with van der Waals surface area (Å²) in [6.07, 6.45) is 5.99. The first-order valence-electron chi connectivity index (χ1n) is 9.78. The first-order chi connectivity index (χ1) is 12.4. The van der Waals surface area contributed by atoms with Crippen molar-refractivity contribution in [1.82, 2.24) is 10.2 Å². The Hall–Kier alpha value is -1.34. The number of carbonyl (C=O) groups is 1. The highest BCUT2D eigenvalue weighted by Crippen LogP contribution is 2.18. The molecule has 0 saturated carbocycles. The van der Waals surface area contributed by atoms with Gasteiger partial charge >= 0.3 is 5.97 Å². The molecule has 0 aromatic carbocycles. The van der Waals surface area contributed by atoms with Crippen LogP contribution in [0.1, 0.15) is 52.9 Å². The minimum atomic E-state index is -0.472. The second-order valence-corrected chi connectivity index (χ2v) is 8.00. The Morgan fingerprint density at radius 2 is 1.96 bits per heavy atom. The van der Waals surface area contributed by atoms with Crippen molar-refractivity contribution in [2.75, 3.05) is 39.9 Å². The number of aliphatic imine (C=N–C) groups is 1. The van der Waals surface area contributed by atoms with Crippen molar-refractivity contribution in [3.63, 3.8) is 0 Å². The molecule has 1 atom stereocenters. The molecule has 0 aromatic heterocycles. The molecule has 2 saturated heterocycles. The molecule has 2 heterocycles. The van der Waals surface area contributed by atoms with E-state index in [1.807, 2.05) is 20.8 Å². The Morgan fingerprint density at radius 1 is 1.23 bits per heavy atom. The number of carbonyl (C=O) groups excluding carboxylic acids is 1. The van der Waals surface area contributed by atoms with Gasteiger partial charge in [-0.3, -0.25) is 9.79 Å². The van der Waals surface area contributed by atoms with E-state index >= 15 is 0 Å². The van der Waals surface area contributed by atoms with Crippen LogP contribution in [0.15, 0.2) is 4.99 Å². The molecule has 0 aromatic rings. The normalized spacial score (nSPS) is 23.0. The maximum absolute atomic E-state index is 11.9. The predicted molar refractivity (Wildman–Crippen MR) is 101 cm³/mol. The standard InChI is InChI=1S/C19H35N3O4/c1-19(2,3)26-17(23)13-21-18(20-4)22-10-8-15(9-11-22)25-14-16-7-5-6-12-24-16/h15-16H,5-14H2,1-4H3,(H,20,21). The van der Waals surface area contributed by atoms with E-state index in [-0.39, 0.29) is 24.7 Å². The molecule has 2 fully saturated rings. The number of hydrogen-bond acceptors (Lipinski definition) is 5. The molecule has 7 nitrogen and oxygen atoms in total. The third-order valence-electron chi connectivity index (χ3n) is 4.56. The predicted octanol–water partition coefficient (Wildman–Crippen LogP) is 1.95. The Morgan fingerprint density at radius 3 is 2.54 bits per heavy atom. The van der Waals surface area contributed by atoms with Gasteiger partial charge in [0.2, 0.25) is 0 Å². The highest BCUT2D eigenvalue weighted by atomic mass is 16.6. The molecule has 2 rings (SSSR count). The number of piperidine rings is 1. The fourth-order valence-corrected chi connectivity index (χ4v) is 3.28. The zero-order valence-corrected chi connectivity index (χ0v) is 16.8. The number of nitrogens with zero attached hydrogens (tertiary/aromatic N) is 2. The molecular formula is C19H35N3O4. The van der Waals surface area contributed by atoms with E-state index in [9.17, 15) is 4.79 Å². The van der Waals surface area contributed by atoms with E-state index in [0.717, 1.165) is 44.9 Å². The molecule has 150 valence electrons. The van der Waals surface area contributed by atoms with Gasteiger partial charge in [0, 0.05) is 26.7 Å². The van der Waals surface area contributed by atoms with Crippen LogP contribution >= 0.6 is 0 Å². The molecular weight excluding hydrogens is 334 g/mol. The quantitative estimate of drug-likeness (QED) is 0.454. The number of likely N-dealkylation sites (tertiary alicyclic amines) is 1. The van der Waals surface area contributed by atoms with Crippen LogP contribution in [0.5, 0.6) is 0 Å². The smallest absolute Gasteiger partial charge is 0.325 e. The van der Waals surface area contributed by atoms with Crippen LogP contribution in [-0.2, 0) is 19.0 Å². The van der Waals surface area contributed by atoms with Crippen LogP contribution in [0.4, 0.5) is 0 Å². The first-order valence-corrected chi connectivity index (χ1v) is 9.78. The van der Waals surface area contributed by atoms with E-state index in [1.165, 1.54) is 12.8 Å². The highest BCUT2D eigenvalue weighted by molar-refractivity contribution is 5.84. The summed E-state index contributed by atoms with van der Waals surface area (Å²) in [6.45, 7) is 9.02. The van der Waals surface area contributed by atoms with Gasteiger partial charge in [-0.1, -0.05) is 0 Å². The Kier molecular flexibility index (Phi) is 8.15. The summed E-state index contributed by atoms with van der Waals surface area (Å²) in [5, 5.41) is 3.10. The maximum atomic E-state index is 11.9. The second-order valence-electron chi connectivity index (χ2n) is 8.00. The van der Waals surface area contributed by atoms with Crippen LogP contribution in [0, 0.1) is 0 Å². The third kappa shape index (κ3) is 7.50. The molecule has 2 aliphatic heterocycles. The molecule has 0 radical (unpaired) electrons. The van der Waals surface area contributed by atoms with E-state index in [2.05, 4.69) is 15.2 Å². The summed E-state index contributed by atoms with van der Waals surface area (Å²) in [4.78, 5) is 18.3. The van der Waals surface area contributed by atoms with Crippen molar-refractivity contribution in [3.05, 3.63) is 0 Å². The zero-order valence-electron chi connectivity index (χ0n) is 16.8. The molecule has 0 spiro atoms. The lowest BCUT2D eigenvalue weighted by atomic mass is 10.1. The van der Waals surface area contributed by atoms with Crippen molar-refractivity contribution in [2.45, 2.75) is 70.7 Å². The van der Waals surface area contributed by atoms with Crippen LogP contribution < -0.4 is 5.32 Å². The van der Waals surface area contributed by atoms with Crippen molar-refractivity contribution in [3.8, 4) is 0 Å². The topological polar surface area (TPSA) is 72.4 Å².